The summed E-state index contributed by atoms with van der Waals surface area (Å²) in [6.07, 6.45) is 3.81. The van der Waals surface area contributed by atoms with Gasteiger partial charge in [0.05, 0.1) is 0 Å². The van der Waals surface area contributed by atoms with Crippen LogP contribution in [-0.4, -0.2) is 36.1 Å². The Balaban J connectivity index is 2.68. The lowest BCUT2D eigenvalue weighted by Gasteiger charge is -2.49. The van der Waals surface area contributed by atoms with E-state index in [0.717, 1.165) is 6.54 Å². The first-order valence-corrected chi connectivity index (χ1v) is 7.31. The molecule has 1 unspecified atom stereocenters. The molecule has 0 spiro atoms. The monoisotopic (exact) mass is 240 g/mol. The molecule has 2 heteroatoms. The highest BCUT2D eigenvalue weighted by Gasteiger charge is 2.37. The van der Waals surface area contributed by atoms with E-state index in [1.54, 1.807) is 0 Å². The minimum absolute atomic E-state index is 0.401. The number of hydrogen-bond acceptors (Lipinski definition) is 2. The van der Waals surface area contributed by atoms with E-state index in [1.807, 2.05) is 0 Å². The van der Waals surface area contributed by atoms with Crippen LogP contribution in [0.2, 0.25) is 0 Å². The molecule has 1 aliphatic rings. The average Bonchev–Trinajstić information content (AvgIpc) is 2.26. The molecular formula is C15H32N2. The predicted octanol–water partition coefficient (Wildman–Crippen LogP) is 3.28. The van der Waals surface area contributed by atoms with Crippen LogP contribution in [0.4, 0.5) is 0 Å². The van der Waals surface area contributed by atoms with Crippen molar-refractivity contribution in [2.45, 2.75) is 72.4 Å². The number of nitrogens with zero attached hydrogens (tertiary/aromatic N) is 1. The van der Waals surface area contributed by atoms with Crippen molar-refractivity contribution < 1.29 is 0 Å². The van der Waals surface area contributed by atoms with Crippen LogP contribution in [0.3, 0.4) is 0 Å². The molecule has 1 saturated heterocycles. The van der Waals surface area contributed by atoms with Gasteiger partial charge < -0.3 is 5.32 Å². The molecule has 0 radical (unpaired) electrons. The molecule has 0 amide bonds. The number of piperazine rings is 1. The van der Waals surface area contributed by atoms with E-state index < -0.39 is 0 Å². The largest absolute Gasteiger partial charge is 0.311 e. The molecule has 2 nitrogen and oxygen atoms in total. The molecule has 1 aliphatic heterocycles. The molecule has 0 aromatic carbocycles. The fraction of sp³-hybridized carbons (Fsp3) is 1.00. The van der Waals surface area contributed by atoms with Crippen LogP contribution >= 0.6 is 0 Å². The van der Waals surface area contributed by atoms with Gasteiger partial charge in [0.1, 0.15) is 0 Å². The number of rotatable bonds is 4. The first kappa shape index (κ1) is 15.0. The van der Waals surface area contributed by atoms with Gasteiger partial charge in [-0.1, -0.05) is 34.6 Å². The highest BCUT2D eigenvalue weighted by atomic mass is 15.3. The number of nitrogens with one attached hydrogen (secondary N) is 1. The Hall–Kier alpha value is -0.0800. The third kappa shape index (κ3) is 3.96. The van der Waals surface area contributed by atoms with Gasteiger partial charge in [-0.25, -0.2) is 0 Å². The first-order chi connectivity index (χ1) is 7.83. The summed E-state index contributed by atoms with van der Waals surface area (Å²) in [5.41, 5.74) is 0.846. The molecule has 1 fully saturated rings. The van der Waals surface area contributed by atoms with Crippen LogP contribution in [0.25, 0.3) is 0 Å². The topological polar surface area (TPSA) is 15.3 Å². The van der Waals surface area contributed by atoms with Crippen LogP contribution < -0.4 is 5.32 Å². The standard InChI is InChI=1S/C15H32N2/c1-7-15(8-2)12-16-13(3)11-17(15)10-9-14(4,5)6/h13,16H,7-12H2,1-6H3. The van der Waals surface area contributed by atoms with E-state index in [4.69, 9.17) is 0 Å². The van der Waals surface area contributed by atoms with Crippen molar-refractivity contribution in [3.63, 3.8) is 0 Å². The lowest BCUT2D eigenvalue weighted by molar-refractivity contribution is 0.0267. The lowest BCUT2D eigenvalue weighted by Crippen LogP contribution is -2.63. The smallest absolute Gasteiger partial charge is 0.0329 e. The zero-order valence-electron chi connectivity index (χ0n) is 12.8. The van der Waals surface area contributed by atoms with Crippen LogP contribution in [0.1, 0.15) is 60.8 Å². The molecule has 102 valence electrons. The number of hydrogen-bond donors (Lipinski definition) is 1. The van der Waals surface area contributed by atoms with Crippen molar-refractivity contribution in [3.05, 3.63) is 0 Å². The minimum atomic E-state index is 0.401. The Labute approximate surface area is 108 Å². The summed E-state index contributed by atoms with van der Waals surface area (Å²) in [5.74, 6) is 0. The highest BCUT2D eigenvalue weighted by Crippen LogP contribution is 2.29. The summed E-state index contributed by atoms with van der Waals surface area (Å²) in [5, 5.41) is 3.66. The summed E-state index contributed by atoms with van der Waals surface area (Å²) in [4.78, 5) is 2.75. The van der Waals surface area contributed by atoms with Crippen LogP contribution in [0.15, 0.2) is 0 Å². The lowest BCUT2D eigenvalue weighted by atomic mass is 9.85. The fourth-order valence-electron chi connectivity index (χ4n) is 2.81. The van der Waals surface area contributed by atoms with Crippen molar-refractivity contribution in [2.24, 2.45) is 5.41 Å². The SMILES string of the molecule is CCC1(CC)CNC(C)CN1CCC(C)(C)C. The Kier molecular flexibility index (Phi) is 5.03. The zero-order chi connectivity index (χ0) is 13.1. The van der Waals surface area contributed by atoms with Crippen molar-refractivity contribution in [3.8, 4) is 0 Å². The van der Waals surface area contributed by atoms with E-state index in [2.05, 4.69) is 51.8 Å². The highest BCUT2D eigenvalue weighted by molar-refractivity contribution is 4.96. The van der Waals surface area contributed by atoms with Gasteiger partial charge in [0, 0.05) is 24.7 Å². The van der Waals surface area contributed by atoms with Gasteiger partial charge >= 0.3 is 0 Å². The second kappa shape index (κ2) is 5.71. The van der Waals surface area contributed by atoms with Crippen LogP contribution in [0.5, 0.6) is 0 Å². The van der Waals surface area contributed by atoms with Crippen molar-refractivity contribution in [2.75, 3.05) is 19.6 Å². The minimum Gasteiger partial charge on any atom is -0.311 e. The summed E-state index contributed by atoms with van der Waals surface area (Å²) in [6, 6.07) is 0.640. The maximum atomic E-state index is 3.66. The molecular weight excluding hydrogens is 208 g/mol. The van der Waals surface area contributed by atoms with E-state index in [1.165, 1.54) is 32.4 Å². The van der Waals surface area contributed by atoms with Gasteiger partial charge in [-0.3, -0.25) is 4.90 Å². The quantitative estimate of drug-likeness (QED) is 0.811. The molecule has 1 atom stereocenters. The third-order valence-corrected chi connectivity index (χ3v) is 4.39. The Morgan fingerprint density at radius 3 is 2.29 bits per heavy atom. The molecule has 1 rings (SSSR count). The van der Waals surface area contributed by atoms with Gasteiger partial charge in [0.15, 0.2) is 0 Å². The Morgan fingerprint density at radius 1 is 1.24 bits per heavy atom. The van der Waals surface area contributed by atoms with Gasteiger partial charge in [0.25, 0.3) is 0 Å². The van der Waals surface area contributed by atoms with E-state index in [9.17, 15) is 0 Å². The van der Waals surface area contributed by atoms with E-state index in [-0.39, 0.29) is 0 Å². The summed E-state index contributed by atoms with van der Waals surface area (Å²) in [6.45, 7) is 17.6. The van der Waals surface area contributed by atoms with Crippen LogP contribution in [-0.2, 0) is 0 Å². The van der Waals surface area contributed by atoms with Gasteiger partial charge in [-0.15, -0.1) is 0 Å². The molecule has 1 heterocycles. The van der Waals surface area contributed by atoms with Crippen molar-refractivity contribution in [1.29, 1.82) is 0 Å². The first-order valence-electron chi connectivity index (χ1n) is 7.31. The second-order valence-electron chi connectivity index (χ2n) is 6.97. The van der Waals surface area contributed by atoms with Crippen LogP contribution in [0, 0.1) is 5.41 Å². The zero-order valence-corrected chi connectivity index (χ0v) is 12.8. The normalized spacial score (nSPS) is 26.1. The Morgan fingerprint density at radius 2 is 1.82 bits per heavy atom. The molecule has 0 saturated carbocycles. The van der Waals surface area contributed by atoms with Crippen molar-refractivity contribution >= 4 is 0 Å². The molecule has 0 aromatic rings. The predicted molar refractivity (Wildman–Crippen MR) is 76.4 cm³/mol. The molecule has 0 bridgehead atoms. The molecule has 0 aliphatic carbocycles. The third-order valence-electron chi connectivity index (χ3n) is 4.39. The molecule has 1 N–H and O–H groups in total. The molecule has 0 aromatic heterocycles. The molecule has 17 heavy (non-hydrogen) atoms. The fourth-order valence-corrected chi connectivity index (χ4v) is 2.81. The van der Waals surface area contributed by atoms with Gasteiger partial charge in [-0.2, -0.15) is 0 Å². The van der Waals surface area contributed by atoms with Gasteiger partial charge in [0.2, 0.25) is 0 Å². The maximum Gasteiger partial charge on any atom is 0.0329 e. The maximum absolute atomic E-state index is 3.66. The second-order valence-corrected chi connectivity index (χ2v) is 6.97. The van der Waals surface area contributed by atoms with E-state index in [0.29, 0.717) is 17.0 Å². The van der Waals surface area contributed by atoms with Crippen molar-refractivity contribution in [1.82, 2.24) is 10.2 Å². The summed E-state index contributed by atoms with van der Waals surface area (Å²) in [7, 11) is 0. The van der Waals surface area contributed by atoms with E-state index >= 15 is 0 Å². The summed E-state index contributed by atoms with van der Waals surface area (Å²) >= 11 is 0. The Bertz CT molecular complexity index is 226. The summed E-state index contributed by atoms with van der Waals surface area (Å²) < 4.78 is 0. The van der Waals surface area contributed by atoms with Gasteiger partial charge in [-0.05, 0) is 38.1 Å². The average molecular weight is 240 g/mol.